The van der Waals surface area contributed by atoms with Crippen molar-refractivity contribution in [2.24, 2.45) is 0 Å². The first-order valence-electron chi connectivity index (χ1n) is 9.15. The van der Waals surface area contributed by atoms with Gasteiger partial charge in [0.1, 0.15) is 0 Å². The number of anilines is 1. The first kappa shape index (κ1) is 16.8. The maximum Gasteiger partial charge on any atom is 0.311 e. The third-order valence-electron chi connectivity index (χ3n) is 5.05. The van der Waals surface area contributed by atoms with Crippen molar-refractivity contribution in [3.8, 4) is 5.75 Å². The van der Waals surface area contributed by atoms with Gasteiger partial charge in [-0.2, -0.15) is 4.98 Å². The lowest BCUT2D eigenvalue weighted by atomic mass is 9.95. The zero-order chi connectivity index (χ0) is 18.1. The zero-order valence-corrected chi connectivity index (χ0v) is 14.8. The van der Waals surface area contributed by atoms with Gasteiger partial charge < -0.3 is 14.2 Å². The molecular formula is C18H22N4O4. The van der Waals surface area contributed by atoms with Gasteiger partial charge in [0.25, 0.3) is 0 Å². The predicted octanol–water partition coefficient (Wildman–Crippen LogP) is 3.64. The summed E-state index contributed by atoms with van der Waals surface area (Å²) in [5.41, 5.74) is 0.953. The van der Waals surface area contributed by atoms with Crippen molar-refractivity contribution >= 4 is 11.4 Å². The first-order valence-corrected chi connectivity index (χ1v) is 9.15. The van der Waals surface area contributed by atoms with Gasteiger partial charge in [-0.1, -0.05) is 5.16 Å². The summed E-state index contributed by atoms with van der Waals surface area (Å²) in [6.07, 6.45) is 4.18. The molecule has 2 heterocycles. The van der Waals surface area contributed by atoms with Gasteiger partial charge in [0.2, 0.25) is 5.89 Å². The van der Waals surface area contributed by atoms with Crippen LogP contribution in [-0.2, 0) is 0 Å². The molecule has 2 aliphatic rings. The summed E-state index contributed by atoms with van der Waals surface area (Å²) in [7, 11) is 0. The van der Waals surface area contributed by atoms with Gasteiger partial charge in [-0.15, -0.1) is 0 Å². The van der Waals surface area contributed by atoms with E-state index in [1.54, 1.807) is 12.1 Å². The second-order valence-electron chi connectivity index (χ2n) is 6.87. The maximum atomic E-state index is 11.1. The highest BCUT2D eigenvalue weighted by molar-refractivity contribution is 5.59. The van der Waals surface area contributed by atoms with Crippen LogP contribution < -0.4 is 9.64 Å². The van der Waals surface area contributed by atoms with E-state index < -0.39 is 4.92 Å². The van der Waals surface area contributed by atoms with Crippen LogP contribution in [0.25, 0.3) is 0 Å². The molecule has 1 aromatic carbocycles. The van der Waals surface area contributed by atoms with E-state index in [9.17, 15) is 10.1 Å². The van der Waals surface area contributed by atoms with E-state index in [0.29, 0.717) is 24.2 Å². The van der Waals surface area contributed by atoms with Crippen LogP contribution >= 0.6 is 0 Å². The number of ether oxygens (including phenoxy) is 1. The van der Waals surface area contributed by atoms with E-state index in [1.807, 2.05) is 6.92 Å². The quantitative estimate of drug-likeness (QED) is 0.574. The van der Waals surface area contributed by atoms with Gasteiger partial charge in [-0.05, 0) is 38.7 Å². The molecule has 0 spiro atoms. The number of nitrogens with zero attached hydrogens (tertiary/aromatic N) is 4. The molecule has 0 unspecified atom stereocenters. The number of nitro groups is 1. The Bertz CT molecular complexity index is 794. The van der Waals surface area contributed by atoms with Crippen LogP contribution in [-0.4, -0.2) is 34.8 Å². The van der Waals surface area contributed by atoms with Crippen LogP contribution in [0.2, 0.25) is 0 Å². The van der Waals surface area contributed by atoms with Crippen LogP contribution in [0.15, 0.2) is 22.7 Å². The summed E-state index contributed by atoms with van der Waals surface area (Å²) in [5, 5.41) is 15.3. The summed E-state index contributed by atoms with van der Waals surface area (Å²) in [6.45, 7) is 3.92. The maximum absolute atomic E-state index is 11.1. The Morgan fingerprint density at radius 3 is 2.69 bits per heavy atom. The fourth-order valence-electron chi connectivity index (χ4n) is 3.43. The number of hydrogen-bond acceptors (Lipinski definition) is 7. The molecule has 8 heteroatoms. The lowest BCUT2D eigenvalue weighted by Gasteiger charge is -2.32. The minimum Gasteiger partial charge on any atom is -0.487 e. The van der Waals surface area contributed by atoms with E-state index >= 15 is 0 Å². The molecule has 0 amide bonds. The Hall–Kier alpha value is -2.64. The summed E-state index contributed by atoms with van der Waals surface area (Å²) in [4.78, 5) is 17.5. The topological polar surface area (TPSA) is 94.5 Å². The Labute approximate surface area is 151 Å². The smallest absolute Gasteiger partial charge is 0.311 e. The fraction of sp³-hybridized carbons (Fsp3) is 0.556. The molecule has 0 N–H and O–H groups in total. The van der Waals surface area contributed by atoms with Crippen molar-refractivity contribution in [3.63, 3.8) is 0 Å². The van der Waals surface area contributed by atoms with Gasteiger partial charge >= 0.3 is 5.69 Å². The van der Waals surface area contributed by atoms with Crippen LogP contribution in [0.3, 0.4) is 0 Å². The number of piperidine rings is 1. The van der Waals surface area contributed by atoms with Crippen LogP contribution in [0.1, 0.15) is 56.2 Å². The molecule has 0 radical (unpaired) electrons. The van der Waals surface area contributed by atoms with E-state index in [0.717, 1.165) is 56.2 Å². The molecule has 1 aromatic heterocycles. The van der Waals surface area contributed by atoms with Gasteiger partial charge in [-0.25, -0.2) is 0 Å². The molecule has 138 valence electrons. The molecule has 1 saturated carbocycles. The molecule has 2 aromatic rings. The van der Waals surface area contributed by atoms with E-state index in [-0.39, 0.29) is 5.69 Å². The average molecular weight is 358 g/mol. The number of benzene rings is 1. The van der Waals surface area contributed by atoms with Gasteiger partial charge in [0.05, 0.1) is 11.5 Å². The van der Waals surface area contributed by atoms with Crippen molar-refractivity contribution in [3.05, 3.63) is 40.0 Å². The summed E-state index contributed by atoms with van der Waals surface area (Å²) >= 11 is 0. The number of nitro benzene ring substituents is 1. The SMILES string of the molecule is CCOc1cc(N2CCC(c3noc(C4CC4)n3)CC2)ccc1[N+](=O)[O-]. The number of rotatable bonds is 6. The van der Waals surface area contributed by atoms with E-state index in [4.69, 9.17) is 9.26 Å². The molecule has 0 atom stereocenters. The van der Waals surface area contributed by atoms with Crippen LogP contribution in [0.5, 0.6) is 5.75 Å². The molecule has 0 bridgehead atoms. The fourth-order valence-corrected chi connectivity index (χ4v) is 3.43. The second-order valence-corrected chi connectivity index (χ2v) is 6.87. The standard InChI is InChI=1S/C18H22N4O4/c1-2-25-16-11-14(5-6-15(16)22(23)24)21-9-7-12(8-10-21)17-19-18(26-20-17)13-3-4-13/h5-6,11-13H,2-4,7-10H2,1H3. The Morgan fingerprint density at radius 1 is 1.27 bits per heavy atom. The molecule has 26 heavy (non-hydrogen) atoms. The molecule has 4 rings (SSSR count). The average Bonchev–Trinajstić information content (AvgIpc) is 3.39. The number of aromatic nitrogens is 2. The van der Waals surface area contributed by atoms with E-state index in [2.05, 4.69) is 15.0 Å². The second kappa shape index (κ2) is 6.93. The highest BCUT2D eigenvalue weighted by Crippen LogP contribution is 2.40. The summed E-state index contributed by atoms with van der Waals surface area (Å²) in [5.74, 6) is 2.73. The largest absolute Gasteiger partial charge is 0.487 e. The van der Waals surface area contributed by atoms with Crippen molar-refractivity contribution in [2.45, 2.75) is 44.4 Å². The lowest BCUT2D eigenvalue weighted by Crippen LogP contribution is -2.33. The summed E-state index contributed by atoms with van der Waals surface area (Å²) < 4.78 is 10.8. The first-order chi connectivity index (χ1) is 12.7. The molecular weight excluding hydrogens is 336 g/mol. The highest BCUT2D eigenvalue weighted by atomic mass is 16.6. The van der Waals surface area contributed by atoms with Crippen molar-refractivity contribution in [2.75, 3.05) is 24.6 Å². The van der Waals surface area contributed by atoms with Crippen molar-refractivity contribution in [1.82, 2.24) is 10.1 Å². The Balaban J connectivity index is 1.43. The molecule has 2 fully saturated rings. The molecule has 8 nitrogen and oxygen atoms in total. The third-order valence-corrected chi connectivity index (χ3v) is 5.05. The van der Waals surface area contributed by atoms with Crippen LogP contribution in [0.4, 0.5) is 11.4 Å². The highest BCUT2D eigenvalue weighted by Gasteiger charge is 2.32. The molecule has 1 saturated heterocycles. The number of hydrogen-bond donors (Lipinski definition) is 0. The normalized spacial score (nSPS) is 18.1. The minimum absolute atomic E-state index is 0.00453. The van der Waals surface area contributed by atoms with Crippen molar-refractivity contribution in [1.29, 1.82) is 0 Å². The molecule has 1 aliphatic heterocycles. The minimum atomic E-state index is -0.408. The monoisotopic (exact) mass is 358 g/mol. The summed E-state index contributed by atoms with van der Waals surface area (Å²) in [6, 6.07) is 5.08. The lowest BCUT2D eigenvalue weighted by molar-refractivity contribution is -0.385. The van der Waals surface area contributed by atoms with Gasteiger partial charge in [0.15, 0.2) is 11.6 Å². The Kier molecular flexibility index (Phi) is 4.48. The van der Waals surface area contributed by atoms with Gasteiger partial charge in [-0.3, -0.25) is 10.1 Å². The Morgan fingerprint density at radius 2 is 2.04 bits per heavy atom. The predicted molar refractivity (Wildman–Crippen MR) is 94.7 cm³/mol. The zero-order valence-electron chi connectivity index (χ0n) is 14.8. The van der Waals surface area contributed by atoms with Crippen LogP contribution in [0, 0.1) is 10.1 Å². The van der Waals surface area contributed by atoms with Gasteiger partial charge in [0, 0.05) is 42.7 Å². The third kappa shape index (κ3) is 3.36. The van der Waals surface area contributed by atoms with E-state index in [1.165, 1.54) is 6.07 Å². The molecule has 1 aliphatic carbocycles. The van der Waals surface area contributed by atoms with Crippen molar-refractivity contribution < 1.29 is 14.2 Å².